The number of nitrogens with zero attached hydrogens (tertiary/aromatic N) is 2. The minimum atomic E-state index is -0.0261. The lowest BCUT2D eigenvalue weighted by Crippen LogP contribution is -2.39. The van der Waals surface area contributed by atoms with Crippen LogP contribution in [0.15, 0.2) is 36.4 Å². The first-order chi connectivity index (χ1) is 12.9. The van der Waals surface area contributed by atoms with Crippen molar-refractivity contribution >= 4 is 17.5 Å². The van der Waals surface area contributed by atoms with Crippen LogP contribution in [0.2, 0.25) is 0 Å². The summed E-state index contributed by atoms with van der Waals surface area (Å²) in [6.45, 7) is 9.50. The van der Waals surface area contributed by atoms with Crippen molar-refractivity contribution in [1.29, 1.82) is 0 Å². The van der Waals surface area contributed by atoms with Crippen LogP contribution in [-0.4, -0.2) is 29.8 Å². The minimum Gasteiger partial charge on any atom is -0.338 e. The summed E-state index contributed by atoms with van der Waals surface area (Å²) < 4.78 is 0. The molecule has 0 radical (unpaired) electrons. The lowest BCUT2D eigenvalue weighted by atomic mass is 9.99. The summed E-state index contributed by atoms with van der Waals surface area (Å²) in [5.41, 5.74) is 6.82. The molecular formula is C23H28N2O2. The third-order valence-corrected chi connectivity index (χ3v) is 5.32. The Morgan fingerprint density at radius 3 is 2.30 bits per heavy atom. The summed E-state index contributed by atoms with van der Waals surface area (Å²) in [5.74, 6) is 0.0833. The van der Waals surface area contributed by atoms with Crippen LogP contribution in [0.25, 0.3) is 0 Å². The van der Waals surface area contributed by atoms with Crippen LogP contribution in [-0.2, 0) is 22.6 Å². The Kier molecular flexibility index (Phi) is 5.64. The Bertz CT molecular complexity index is 849. The number of carbonyl (C=O) groups excluding carboxylic acids is 2. The first kappa shape index (κ1) is 19.2. The van der Waals surface area contributed by atoms with E-state index < -0.39 is 0 Å². The molecule has 1 aliphatic rings. The fourth-order valence-corrected chi connectivity index (χ4v) is 4.10. The zero-order valence-electron chi connectivity index (χ0n) is 16.7. The van der Waals surface area contributed by atoms with Crippen molar-refractivity contribution in [2.75, 3.05) is 18.0 Å². The van der Waals surface area contributed by atoms with Gasteiger partial charge in [0.15, 0.2) is 0 Å². The van der Waals surface area contributed by atoms with Crippen LogP contribution >= 0.6 is 0 Å². The first-order valence-electron chi connectivity index (χ1n) is 9.57. The number of hydrogen-bond acceptors (Lipinski definition) is 2. The third-order valence-electron chi connectivity index (χ3n) is 5.32. The summed E-state index contributed by atoms with van der Waals surface area (Å²) in [6, 6.07) is 12.5. The smallest absolute Gasteiger partial charge is 0.224 e. The normalized spacial score (nSPS) is 13.3. The van der Waals surface area contributed by atoms with E-state index >= 15 is 0 Å². The molecule has 2 aromatic carbocycles. The standard InChI is InChI=1S/C23H28N2O2/c1-16-13-17(2)23(18(3)14-16)25(19(4)26)12-10-22(27)24-11-9-20-7-5-6-8-21(20)15-24/h5-8,13-14H,9-12,15H2,1-4H3. The number of amides is 2. The second-order valence-corrected chi connectivity index (χ2v) is 7.50. The fourth-order valence-electron chi connectivity index (χ4n) is 4.10. The highest BCUT2D eigenvalue weighted by Gasteiger charge is 2.23. The molecule has 0 unspecified atom stereocenters. The van der Waals surface area contributed by atoms with E-state index in [-0.39, 0.29) is 11.8 Å². The van der Waals surface area contributed by atoms with E-state index in [4.69, 9.17) is 0 Å². The maximum atomic E-state index is 12.8. The summed E-state index contributed by atoms with van der Waals surface area (Å²) in [6.07, 6.45) is 1.24. The van der Waals surface area contributed by atoms with Crippen molar-refractivity contribution in [3.05, 3.63) is 64.2 Å². The Balaban J connectivity index is 1.70. The molecule has 2 aromatic rings. The van der Waals surface area contributed by atoms with E-state index in [1.807, 2.05) is 30.9 Å². The highest BCUT2D eigenvalue weighted by Crippen LogP contribution is 2.27. The van der Waals surface area contributed by atoms with Gasteiger partial charge >= 0.3 is 0 Å². The van der Waals surface area contributed by atoms with Crippen molar-refractivity contribution in [3.63, 3.8) is 0 Å². The third kappa shape index (κ3) is 4.21. The van der Waals surface area contributed by atoms with Crippen LogP contribution < -0.4 is 4.90 Å². The molecule has 4 heteroatoms. The Morgan fingerprint density at radius 1 is 1.04 bits per heavy atom. The zero-order chi connectivity index (χ0) is 19.6. The number of hydrogen-bond donors (Lipinski definition) is 0. The van der Waals surface area contributed by atoms with Crippen molar-refractivity contribution in [2.24, 2.45) is 0 Å². The van der Waals surface area contributed by atoms with Crippen molar-refractivity contribution in [1.82, 2.24) is 4.90 Å². The summed E-state index contributed by atoms with van der Waals surface area (Å²) in [7, 11) is 0. The number of carbonyl (C=O) groups is 2. The van der Waals surface area contributed by atoms with E-state index in [0.717, 1.165) is 29.8 Å². The highest BCUT2D eigenvalue weighted by molar-refractivity contribution is 5.94. The molecule has 27 heavy (non-hydrogen) atoms. The lowest BCUT2D eigenvalue weighted by molar-refractivity contribution is -0.131. The second-order valence-electron chi connectivity index (χ2n) is 7.50. The SMILES string of the molecule is CC(=O)N(CCC(=O)N1CCc2ccccc2C1)c1c(C)cc(C)cc1C. The van der Waals surface area contributed by atoms with Crippen LogP contribution in [0.1, 0.15) is 41.2 Å². The molecule has 4 nitrogen and oxygen atoms in total. The average molecular weight is 364 g/mol. The molecule has 2 amide bonds. The van der Waals surface area contributed by atoms with Crippen LogP contribution in [0, 0.1) is 20.8 Å². The maximum Gasteiger partial charge on any atom is 0.224 e. The molecule has 0 bridgehead atoms. The van der Waals surface area contributed by atoms with Gasteiger partial charge < -0.3 is 9.80 Å². The second kappa shape index (κ2) is 7.95. The molecule has 0 N–H and O–H groups in total. The maximum absolute atomic E-state index is 12.8. The molecule has 0 aromatic heterocycles. The molecule has 1 heterocycles. The van der Waals surface area contributed by atoms with E-state index in [2.05, 4.69) is 31.2 Å². The van der Waals surface area contributed by atoms with Gasteiger partial charge in [-0.15, -0.1) is 0 Å². The number of fused-ring (bicyclic) bond motifs is 1. The van der Waals surface area contributed by atoms with Gasteiger partial charge in [-0.2, -0.15) is 0 Å². The van der Waals surface area contributed by atoms with Crippen LogP contribution in [0.3, 0.4) is 0 Å². The van der Waals surface area contributed by atoms with Crippen LogP contribution in [0.5, 0.6) is 0 Å². The molecule has 142 valence electrons. The molecule has 0 spiro atoms. The van der Waals surface area contributed by atoms with Gasteiger partial charge in [0, 0.05) is 38.7 Å². The van der Waals surface area contributed by atoms with E-state index in [0.29, 0.717) is 19.5 Å². The van der Waals surface area contributed by atoms with Gasteiger partial charge in [-0.25, -0.2) is 0 Å². The van der Waals surface area contributed by atoms with Gasteiger partial charge in [0.25, 0.3) is 0 Å². The predicted octanol–water partition coefficient (Wildman–Crippen LogP) is 3.94. The van der Waals surface area contributed by atoms with Gasteiger partial charge in [0.1, 0.15) is 0 Å². The Labute approximate surface area is 161 Å². The monoisotopic (exact) mass is 364 g/mol. The van der Waals surface area contributed by atoms with E-state index in [9.17, 15) is 9.59 Å². The van der Waals surface area contributed by atoms with Crippen molar-refractivity contribution in [2.45, 2.75) is 47.1 Å². The molecule has 0 fully saturated rings. The number of benzene rings is 2. The molecule has 0 aliphatic carbocycles. The number of aryl methyl sites for hydroxylation is 3. The minimum absolute atomic E-state index is 0.0261. The Morgan fingerprint density at radius 2 is 1.67 bits per heavy atom. The largest absolute Gasteiger partial charge is 0.338 e. The lowest BCUT2D eigenvalue weighted by Gasteiger charge is -2.30. The molecule has 0 atom stereocenters. The quantitative estimate of drug-likeness (QED) is 0.824. The number of rotatable bonds is 4. The average Bonchev–Trinajstić information content (AvgIpc) is 2.62. The summed E-state index contributed by atoms with van der Waals surface area (Å²) in [4.78, 5) is 28.7. The van der Waals surface area contributed by atoms with Crippen molar-refractivity contribution in [3.8, 4) is 0 Å². The van der Waals surface area contributed by atoms with Gasteiger partial charge in [0.05, 0.1) is 0 Å². The van der Waals surface area contributed by atoms with Crippen molar-refractivity contribution < 1.29 is 9.59 Å². The molecular weight excluding hydrogens is 336 g/mol. The molecule has 1 aliphatic heterocycles. The van der Waals surface area contributed by atoms with Gasteiger partial charge in [-0.05, 0) is 49.4 Å². The molecule has 0 saturated heterocycles. The molecule has 3 rings (SSSR count). The highest BCUT2D eigenvalue weighted by atomic mass is 16.2. The van der Waals surface area contributed by atoms with Gasteiger partial charge in [-0.1, -0.05) is 42.0 Å². The summed E-state index contributed by atoms with van der Waals surface area (Å²) in [5, 5.41) is 0. The van der Waals surface area contributed by atoms with Crippen LogP contribution in [0.4, 0.5) is 5.69 Å². The predicted molar refractivity (Wildman–Crippen MR) is 109 cm³/mol. The Hall–Kier alpha value is -2.62. The summed E-state index contributed by atoms with van der Waals surface area (Å²) >= 11 is 0. The zero-order valence-corrected chi connectivity index (χ0v) is 16.7. The number of anilines is 1. The topological polar surface area (TPSA) is 40.6 Å². The van der Waals surface area contributed by atoms with E-state index in [1.54, 1.807) is 11.8 Å². The first-order valence-corrected chi connectivity index (χ1v) is 9.57. The fraction of sp³-hybridized carbons (Fsp3) is 0.391. The van der Waals surface area contributed by atoms with Gasteiger partial charge in [-0.3, -0.25) is 9.59 Å². The molecule has 0 saturated carbocycles. The van der Waals surface area contributed by atoms with E-state index in [1.165, 1.54) is 16.7 Å². The van der Waals surface area contributed by atoms with Gasteiger partial charge in [0.2, 0.25) is 11.8 Å².